The average Bonchev–Trinajstić information content (AvgIpc) is 2.92. The van der Waals surface area contributed by atoms with Crippen molar-refractivity contribution in [2.75, 3.05) is 25.5 Å². The van der Waals surface area contributed by atoms with Gasteiger partial charge in [-0.2, -0.15) is 13.2 Å². The highest BCUT2D eigenvalue weighted by Crippen LogP contribution is 2.33. The lowest BCUT2D eigenvalue weighted by Crippen LogP contribution is -2.36. The van der Waals surface area contributed by atoms with Crippen LogP contribution in [0.2, 0.25) is 0 Å². The van der Waals surface area contributed by atoms with Gasteiger partial charge in [-0.05, 0) is 73.8 Å². The van der Waals surface area contributed by atoms with E-state index in [-0.39, 0.29) is 22.9 Å². The van der Waals surface area contributed by atoms with Crippen LogP contribution in [0, 0.1) is 0 Å². The minimum Gasteiger partial charge on any atom is -0.465 e. The van der Waals surface area contributed by atoms with Gasteiger partial charge in [0.1, 0.15) is 0 Å². The quantitative estimate of drug-likeness (QED) is 0.265. The van der Waals surface area contributed by atoms with Crippen molar-refractivity contribution in [3.05, 3.63) is 76.9 Å². The third-order valence-corrected chi connectivity index (χ3v) is 6.30. The second kappa shape index (κ2) is 12.0. The molecule has 0 saturated carbocycles. The zero-order valence-electron chi connectivity index (χ0n) is 20.6. The second-order valence-corrected chi connectivity index (χ2v) is 8.77. The summed E-state index contributed by atoms with van der Waals surface area (Å²) in [5.41, 5.74) is 0.938. The molecule has 2 aromatic heterocycles. The number of halogens is 3. The van der Waals surface area contributed by atoms with Crippen LogP contribution in [0.4, 0.5) is 24.8 Å². The smallest absolute Gasteiger partial charge is 0.419 e. The van der Waals surface area contributed by atoms with Gasteiger partial charge >= 0.3 is 12.1 Å². The number of methoxy groups -OCH3 is 1. The van der Waals surface area contributed by atoms with Crippen molar-refractivity contribution in [1.82, 2.24) is 19.8 Å². The van der Waals surface area contributed by atoms with E-state index in [1.165, 1.54) is 43.2 Å². The molecule has 0 bridgehead atoms. The molecule has 4 rings (SSSR count). The number of esters is 1. The molecular formula is C26H25BF3N5O3. The average molecular weight is 523 g/mol. The van der Waals surface area contributed by atoms with Gasteiger partial charge in [-0.1, -0.05) is 12.1 Å². The molecule has 12 heteroatoms. The van der Waals surface area contributed by atoms with Crippen molar-refractivity contribution in [3.8, 4) is 0 Å². The van der Waals surface area contributed by atoms with Crippen LogP contribution in [0.15, 0.2) is 48.8 Å². The highest BCUT2D eigenvalue weighted by Gasteiger charge is 2.34. The summed E-state index contributed by atoms with van der Waals surface area (Å²) in [5.74, 6) is -0.193. The summed E-state index contributed by atoms with van der Waals surface area (Å²) in [6, 6.07) is 10.5. The molecular weight excluding hydrogens is 498 g/mol. The predicted octanol–water partition coefficient (Wildman–Crippen LogP) is 4.31. The van der Waals surface area contributed by atoms with Gasteiger partial charge in [-0.25, -0.2) is 14.8 Å². The summed E-state index contributed by atoms with van der Waals surface area (Å²) >= 11 is 0. The third-order valence-electron chi connectivity index (χ3n) is 6.30. The minimum absolute atomic E-state index is 0.00356. The summed E-state index contributed by atoms with van der Waals surface area (Å²) in [6.45, 7) is 1.73. The number of ether oxygens (including phenoxy) is 1. The van der Waals surface area contributed by atoms with E-state index in [9.17, 15) is 22.8 Å². The first-order valence-electron chi connectivity index (χ1n) is 12.0. The first-order chi connectivity index (χ1) is 18.3. The van der Waals surface area contributed by atoms with Gasteiger partial charge in [0.15, 0.2) is 0 Å². The van der Waals surface area contributed by atoms with Crippen LogP contribution in [0.1, 0.15) is 51.6 Å². The number of hydrogen-bond donors (Lipinski definition) is 1. The number of pyridine rings is 1. The van der Waals surface area contributed by atoms with E-state index < -0.39 is 17.7 Å². The Bertz CT molecular complexity index is 1310. The monoisotopic (exact) mass is 523 g/mol. The standard InChI is InChI=1S/C26H25BF3N5O3/c1-38-24(37)19-8-11-31-21(14-19)6-7-23-22(26(28,29)30)15-32-25(34-23)33-20-4-2-17(3-5-20)18-9-12-35(13-10-18)27-16-36/h2-8,11,14-16,18,27H,9-10,12-13H2,1H3,(H,32,33,34)/b7-6+. The number of piperidine rings is 1. The SMILES string of the molecule is COC(=O)c1ccnc(/C=C/c2nc(Nc3ccc(C4CCN(BC=O)CC4)cc3)ncc2C(F)(F)F)c1. The van der Waals surface area contributed by atoms with Crippen molar-refractivity contribution < 1.29 is 27.5 Å². The highest BCUT2D eigenvalue weighted by molar-refractivity contribution is 6.64. The lowest BCUT2D eigenvalue weighted by molar-refractivity contribution is -0.138. The molecule has 0 atom stereocenters. The molecule has 1 N–H and O–H groups in total. The number of carbonyl (C=O) groups is 2. The Morgan fingerprint density at radius 2 is 1.87 bits per heavy atom. The number of alkyl halides is 3. The summed E-state index contributed by atoms with van der Waals surface area (Å²) in [5, 5.41) is 2.96. The summed E-state index contributed by atoms with van der Waals surface area (Å²) in [6.07, 6.45) is 2.78. The second-order valence-electron chi connectivity index (χ2n) is 8.77. The lowest BCUT2D eigenvalue weighted by Gasteiger charge is -2.30. The van der Waals surface area contributed by atoms with Crippen molar-refractivity contribution in [2.45, 2.75) is 24.9 Å². The van der Waals surface area contributed by atoms with Gasteiger partial charge < -0.3 is 19.7 Å². The van der Waals surface area contributed by atoms with Crippen LogP contribution in [-0.2, 0) is 15.7 Å². The molecule has 1 fully saturated rings. The number of benzene rings is 1. The van der Waals surface area contributed by atoms with Crippen molar-refractivity contribution in [1.29, 1.82) is 0 Å². The molecule has 38 heavy (non-hydrogen) atoms. The Kier molecular flexibility index (Phi) is 8.52. The van der Waals surface area contributed by atoms with Crippen LogP contribution in [0.25, 0.3) is 12.2 Å². The Hall–Kier alpha value is -4.06. The first kappa shape index (κ1) is 27.0. The molecule has 0 aliphatic carbocycles. The number of rotatable bonds is 8. The van der Waals surface area contributed by atoms with Crippen LogP contribution in [-0.4, -0.2) is 59.5 Å². The number of anilines is 2. The van der Waals surface area contributed by atoms with Crippen LogP contribution in [0.3, 0.4) is 0 Å². The highest BCUT2D eigenvalue weighted by atomic mass is 19.4. The number of nitrogens with zero attached hydrogens (tertiary/aromatic N) is 4. The van der Waals surface area contributed by atoms with E-state index in [4.69, 9.17) is 0 Å². The maximum atomic E-state index is 13.6. The fraction of sp³-hybridized carbons (Fsp3) is 0.269. The number of hydrogen-bond acceptors (Lipinski definition) is 8. The summed E-state index contributed by atoms with van der Waals surface area (Å²) in [7, 11) is 1.69. The zero-order chi connectivity index (χ0) is 27.1. The summed E-state index contributed by atoms with van der Waals surface area (Å²) in [4.78, 5) is 36.6. The van der Waals surface area contributed by atoms with Gasteiger partial charge in [-0.15, -0.1) is 0 Å². The van der Waals surface area contributed by atoms with Gasteiger partial charge in [0, 0.05) is 18.1 Å². The van der Waals surface area contributed by atoms with E-state index in [1.807, 2.05) is 24.3 Å². The molecule has 8 nitrogen and oxygen atoms in total. The Morgan fingerprint density at radius 1 is 1.13 bits per heavy atom. The molecule has 3 heterocycles. The normalized spacial score (nSPS) is 14.8. The Labute approximate surface area is 218 Å². The maximum absolute atomic E-state index is 13.6. The van der Waals surface area contributed by atoms with Gasteiger partial charge in [-0.3, -0.25) is 4.98 Å². The molecule has 1 saturated heterocycles. The van der Waals surface area contributed by atoms with Crippen molar-refractivity contribution in [2.24, 2.45) is 0 Å². The van der Waals surface area contributed by atoms with Crippen LogP contribution < -0.4 is 5.32 Å². The van der Waals surface area contributed by atoms with Crippen LogP contribution in [0.5, 0.6) is 0 Å². The maximum Gasteiger partial charge on any atom is 0.419 e. The van der Waals surface area contributed by atoms with E-state index in [2.05, 4.69) is 29.8 Å². The van der Waals surface area contributed by atoms with Gasteiger partial charge in [0.2, 0.25) is 5.95 Å². The molecule has 0 amide bonds. The molecule has 0 spiro atoms. The molecule has 3 aromatic rings. The number of nitrogens with one attached hydrogen (secondary N) is 1. The van der Waals surface area contributed by atoms with Gasteiger partial charge in [0.05, 0.1) is 35.8 Å². The van der Waals surface area contributed by atoms with E-state index >= 15 is 0 Å². The molecule has 0 radical (unpaired) electrons. The largest absolute Gasteiger partial charge is 0.465 e. The topological polar surface area (TPSA) is 97.3 Å². The molecule has 196 valence electrons. The molecule has 1 aliphatic heterocycles. The molecule has 0 unspecified atom stereocenters. The first-order valence-corrected chi connectivity index (χ1v) is 12.0. The third kappa shape index (κ3) is 6.83. The van der Waals surface area contributed by atoms with Crippen molar-refractivity contribution in [3.63, 3.8) is 0 Å². The van der Waals surface area contributed by atoms with E-state index in [1.54, 1.807) is 0 Å². The van der Waals surface area contributed by atoms with Crippen molar-refractivity contribution >= 4 is 43.4 Å². The molecule has 1 aliphatic rings. The van der Waals surface area contributed by atoms with Crippen LogP contribution >= 0.6 is 0 Å². The Balaban J connectivity index is 1.50. The summed E-state index contributed by atoms with van der Waals surface area (Å²) < 4.78 is 45.5. The predicted molar refractivity (Wildman–Crippen MR) is 139 cm³/mol. The van der Waals surface area contributed by atoms with E-state index in [0.29, 0.717) is 19.0 Å². The molecule has 1 aromatic carbocycles. The van der Waals surface area contributed by atoms with E-state index in [0.717, 1.165) is 38.3 Å². The minimum atomic E-state index is -4.66. The number of aromatic nitrogens is 3. The zero-order valence-corrected chi connectivity index (χ0v) is 20.6. The fourth-order valence-corrected chi connectivity index (χ4v) is 4.27. The fourth-order valence-electron chi connectivity index (χ4n) is 4.27. The number of carbonyl (C=O) groups excluding carboxylic acids is 2. The lowest BCUT2D eigenvalue weighted by atomic mass is 9.84. The van der Waals surface area contributed by atoms with Gasteiger partial charge in [0.25, 0.3) is 7.41 Å². The Morgan fingerprint density at radius 3 is 2.53 bits per heavy atom.